The number of carbonyl (C=O) groups excluding carboxylic acids is 1. The number of aryl methyl sites for hydroxylation is 1. The van der Waals surface area contributed by atoms with E-state index >= 15 is 0 Å². The molecule has 2 heterocycles. The predicted molar refractivity (Wildman–Crippen MR) is 106 cm³/mol. The molecule has 0 saturated carbocycles. The van der Waals surface area contributed by atoms with E-state index in [-0.39, 0.29) is 17.2 Å². The van der Waals surface area contributed by atoms with E-state index in [4.69, 9.17) is 15.1 Å². The number of furan rings is 1. The van der Waals surface area contributed by atoms with Gasteiger partial charge in [0.25, 0.3) is 0 Å². The van der Waals surface area contributed by atoms with Crippen LogP contribution in [-0.2, 0) is 11.3 Å². The molecule has 3 rings (SSSR count). The molecule has 142 valence electrons. The maximum absolute atomic E-state index is 12.3. The van der Waals surface area contributed by atoms with Crippen LogP contribution in [0.3, 0.4) is 0 Å². The Kier molecular flexibility index (Phi) is 6.06. The van der Waals surface area contributed by atoms with Gasteiger partial charge in [0.15, 0.2) is 16.8 Å². The molecule has 8 heteroatoms. The lowest BCUT2D eigenvalue weighted by Crippen LogP contribution is -2.21. The Morgan fingerprint density at radius 2 is 2.18 bits per heavy atom. The molecular weight excluding hydrogens is 374 g/mol. The zero-order chi connectivity index (χ0) is 20.1. The van der Waals surface area contributed by atoms with Crippen LogP contribution >= 0.6 is 11.8 Å². The highest BCUT2D eigenvalue weighted by atomic mass is 32.2. The van der Waals surface area contributed by atoms with Crippen molar-refractivity contribution in [2.75, 3.05) is 5.75 Å². The first-order valence-electron chi connectivity index (χ1n) is 8.62. The molecule has 0 saturated heterocycles. The second-order valence-corrected chi connectivity index (χ2v) is 7.28. The highest BCUT2D eigenvalue weighted by molar-refractivity contribution is 7.99. The van der Waals surface area contributed by atoms with Crippen molar-refractivity contribution in [1.82, 2.24) is 14.8 Å². The molecule has 0 aliphatic rings. The van der Waals surface area contributed by atoms with E-state index in [9.17, 15) is 4.79 Å². The largest absolute Gasteiger partial charge is 0.467 e. The average Bonchev–Trinajstić information content (AvgIpc) is 3.31. The molecule has 2 aromatic heterocycles. The van der Waals surface area contributed by atoms with Gasteiger partial charge in [-0.15, -0.1) is 10.2 Å². The fraction of sp³-hybridized carbons (Fsp3) is 0.250. The molecule has 0 aliphatic heterocycles. The van der Waals surface area contributed by atoms with Crippen molar-refractivity contribution < 1.29 is 9.21 Å². The smallest absolute Gasteiger partial charge is 0.192 e. The number of rotatable bonds is 8. The Balaban J connectivity index is 1.89. The minimum atomic E-state index is -1.02. The van der Waals surface area contributed by atoms with E-state index in [2.05, 4.69) is 10.2 Å². The fourth-order valence-corrected chi connectivity index (χ4v) is 3.57. The quantitative estimate of drug-likeness (QED) is 0.461. The van der Waals surface area contributed by atoms with Crippen LogP contribution < -0.4 is 0 Å². The van der Waals surface area contributed by atoms with E-state index < -0.39 is 5.92 Å². The number of carbonyl (C=O) groups is 1. The van der Waals surface area contributed by atoms with Crippen LogP contribution in [-0.4, -0.2) is 32.0 Å². The van der Waals surface area contributed by atoms with Gasteiger partial charge in [-0.3, -0.25) is 9.36 Å². The number of benzene rings is 1. The number of hydrogen-bond acceptors (Lipinski definition) is 7. The predicted octanol–water partition coefficient (Wildman–Crippen LogP) is 3.74. The van der Waals surface area contributed by atoms with Crippen molar-refractivity contribution in [2.45, 2.75) is 25.5 Å². The maximum Gasteiger partial charge on any atom is 0.192 e. The topological polar surface area (TPSA) is 109 Å². The Morgan fingerprint density at radius 1 is 1.36 bits per heavy atom. The number of nitrogens with one attached hydrogen (secondary N) is 1. The molecule has 0 bridgehead atoms. The molecule has 1 atom stereocenters. The standard InChI is InChI=1S/C20H19N5O2S/c1-13-5-3-6-15(9-13)19-23-24-20(25(19)11-16-7-4-8-27-16)28-12-18(26)17(10-21)14(2)22/h3-9,17,22H,11-12H2,1-2H3/t17-/m1/s1. The summed E-state index contributed by atoms with van der Waals surface area (Å²) in [5.74, 6) is 0.121. The van der Waals surface area contributed by atoms with Gasteiger partial charge in [-0.2, -0.15) is 5.26 Å². The summed E-state index contributed by atoms with van der Waals surface area (Å²) in [5, 5.41) is 25.8. The number of hydrogen-bond donors (Lipinski definition) is 1. The van der Waals surface area contributed by atoms with Gasteiger partial charge in [0, 0.05) is 11.3 Å². The monoisotopic (exact) mass is 393 g/mol. The summed E-state index contributed by atoms with van der Waals surface area (Å²) in [6.07, 6.45) is 1.60. The van der Waals surface area contributed by atoms with Crippen LogP contribution in [0.2, 0.25) is 0 Å². The molecule has 0 spiro atoms. The summed E-state index contributed by atoms with van der Waals surface area (Å²) >= 11 is 1.21. The SMILES string of the molecule is CC(=N)[C@@H](C#N)C(=O)CSc1nnc(-c2cccc(C)c2)n1Cc1ccco1. The van der Waals surface area contributed by atoms with Crippen LogP contribution in [0.5, 0.6) is 0 Å². The van der Waals surface area contributed by atoms with Crippen LogP contribution in [0.1, 0.15) is 18.2 Å². The van der Waals surface area contributed by atoms with Gasteiger partial charge in [-0.25, -0.2) is 0 Å². The molecule has 0 fully saturated rings. The molecule has 0 aliphatic carbocycles. The normalized spacial score (nSPS) is 11.8. The molecule has 0 unspecified atom stereocenters. The minimum Gasteiger partial charge on any atom is -0.467 e. The Bertz CT molecular complexity index is 1030. The molecule has 0 radical (unpaired) electrons. The second-order valence-electron chi connectivity index (χ2n) is 6.34. The summed E-state index contributed by atoms with van der Waals surface area (Å²) < 4.78 is 7.36. The van der Waals surface area contributed by atoms with Crippen LogP contribution in [0.15, 0.2) is 52.2 Å². The summed E-state index contributed by atoms with van der Waals surface area (Å²) in [4.78, 5) is 12.3. The zero-order valence-corrected chi connectivity index (χ0v) is 16.4. The molecule has 7 nitrogen and oxygen atoms in total. The lowest BCUT2D eigenvalue weighted by molar-refractivity contribution is -0.117. The summed E-state index contributed by atoms with van der Waals surface area (Å²) in [6.45, 7) is 3.89. The van der Waals surface area contributed by atoms with E-state index in [1.54, 1.807) is 6.26 Å². The van der Waals surface area contributed by atoms with Crippen molar-refractivity contribution in [3.05, 3.63) is 54.0 Å². The third kappa shape index (κ3) is 4.38. The van der Waals surface area contributed by atoms with Gasteiger partial charge in [-0.1, -0.05) is 35.5 Å². The zero-order valence-electron chi connectivity index (χ0n) is 15.5. The van der Waals surface area contributed by atoms with Crippen molar-refractivity contribution in [2.24, 2.45) is 5.92 Å². The summed E-state index contributed by atoms with van der Waals surface area (Å²) in [5.41, 5.74) is 2.07. The van der Waals surface area contributed by atoms with Gasteiger partial charge >= 0.3 is 0 Å². The minimum absolute atomic E-state index is 0.0402. The van der Waals surface area contributed by atoms with Crippen molar-refractivity contribution in [1.29, 1.82) is 10.7 Å². The second kappa shape index (κ2) is 8.67. The van der Waals surface area contributed by atoms with Gasteiger partial charge in [0.1, 0.15) is 11.7 Å². The first kappa shape index (κ1) is 19.6. The number of nitriles is 1. The van der Waals surface area contributed by atoms with Gasteiger partial charge in [0.2, 0.25) is 0 Å². The van der Waals surface area contributed by atoms with E-state index in [0.717, 1.165) is 16.9 Å². The highest BCUT2D eigenvalue weighted by Crippen LogP contribution is 2.26. The van der Waals surface area contributed by atoms with Crippen molar-refractivity contribution in [3.8, 4) is 17.5 Å². The van der Waals surface area contributed by atoms with E-state index in [0.29, 0.717) is 17.5 Å². The number of ketones is 1. The Hall–Kier alpha value is -3.18. The van der Waals surface area contributed by atoms with Gasteiger partial charge < -0.3 is 9.83 Å². The average molecular weight is 393 g/mol. The number of nitrogens with zero attached hydrogens (tertiary/aromatic N) is 4. The molecule has 28 heavy (non-hydrogen) atoms. The Morgan fingerprint density at radius 3 is 2.82 bits per heavy atom. The number of thioether (sulfide) groups is 1. The molecule has 3 aromatic rings. The molecule has 1 N–H and O–H groups in total. The summed E-state index contributed by atoms with van der Waals surface area (Å²) in [6, 6.07) is 13.5. The fourth-order valence-electron chi connectivity index (χ4n) is 2.72. The van der Waals surface area contributed by atoms with Gasteiger partial charge in [-0.05, 0) is 32.0 Å². The lowest BCUT2D eigenvalue weighted by Gasteiger charge is -2.10. The third-order valence-electron chi connectivity index (χ3n) is 4.11. The van der Waals surface area contributed by atoms with Crippen LogP contribution in [0, 0.1) is 29.6 Å². The van der Waals surface area contributed by atoms with Gasteiger partial charge in [0.05, 0.1) is 24.6 Å². The molecule has 0 amide bonds. The third-order valence-corrected chi connectivity index (χ3v) is 5.10. The lowest BCUT2D eigenvalue weighted by atomic mass is 10.0. The first-order chi connectivity index (χ1) is 13.5. The number of Topliss-reactive ketones (excluding diaryl/α,β-unsaturated/α-hetero) is 1. The van der Waals surface area contributed by atoms with E-state index in [1.165, 1.54) is 18.7 Å². The van der Waals surface area contributed by atoms with Crippen LogP contribution in [0.25, 0.3) is 11.4 Å². The van der Waals surface area contributed by atoms with Crippen molar-refractivity contribution >= 4 is 23.3 Å². The molecular formula is C20H19N5O2S. The Labute approximate surface area is 166 Å². The van der Waals surface area contributed by atoms with E-state index in [1.807, 2.05) is 54.0 Å². The number of aromatic nitrogens is 3. The summed E-state index contributed by atoms with van der Waals surface area (Å²) in [7, 11) is 0. The highest BCUT2D eigenvalue weighted by Gasteiger charge is 2.22. The maximum atomic E-state index is 12.3. The first-order valence-corrected chi connectivity index (χ1v) is 9.61. The van der Waals surface area contributed by atoms with Crippen LogP contribution in [0.4, 0.5) is 0 Å². The van der Waals surface area contributed by atoms with Crippen molar-refractivity contribution in [3.63, 3.8) is 0 Å². The molecule has 1 aromatic carbocycles.